The number of thiophene rings is 1. The molecule has 0 saturated carbocycles. The highest BCUT2D eigenvalue weighted by atomic mass is 32.1. The van der Waals surface area contributed by atoms with Crippen molar-refractivity contribution in [2.75, 3.05) is 0 Å². The van der Waals surface area contributed by atoms with Gasteiger partial charge in [-0.25, -0.2) is 14.6 Å². The standard InChI is InChI=1S/C16H13N5OS/c1-11-7-23-15-14(11)18-10-20(16(15)22)6-12-2-4-13(5-3-12)21-9-17-8-19-21/h2-5,7-10H,6H2,1H3. The van der Waals surface area contributed by atoms with Crippen LogP contribution in [0.15, 0.2) is 53.4 Å². The first-order valence-corrected chi connectivity index (χ1v) is 7.97. The second kappa shape index (κ2) is 5.44. The Balaban J connectivity index is 1.65. The molecule has 0 bridgehead atoms. The number of aryl methyl sites for hydroxylation is 1. The first kappa shape index (κ1) is 13.8. The molecule has 0 radical (unpaired) electrons. The number of hydrogen-bond acceptors (Lipinski definition) is 5. The summed E-state index contributed by atoms with van der Waals surface area (Å²) in [5.74, 6) is 0. The summed E-state index contributed by atoms with van der Waals surface area (Å²) in [6, 6.07) is 7.87. The van der Waals surface area contributed by atoms with E-state index < -0.39 is 0 Å². The third kappa shape index (κ3) is 2.44. The van der Waals surface area contributed by atoms with Crippen LogP contribution in [0, 0.1) is 6.92 Å². The number of rotatable bonds is 3. The Labute approximate surface area is 135 Å². The van der Waals surface area contributed by atoms with Crippen molar-refractivity contribution in [1.82, 2.24) is 24.3 Å². The average molecular weight is 323 g/mol. The number of hydrogen-bond donors (Lipinski definition) is 0. The van der Waals surface area contributed by atoms with Gasteiger partial charge in [0, 0.05) is 0 Å². The molecule has 7 heteroatoms. The topological polar surface area (TPSA) is 65.6 Å². The molecule has 0 spiro atoms. The highest BCUT2D eigenvalue weighted by molar-refractivity contribution is 7.17. The fraction of sp³-hybridized carbons (Fsp3) is 0.125. The Morgan fingerprint density at radius 2 is 2.00 bits per heavy atom. The van der Waals surface area contributed by atoms with E-state index in [-0.39, 0.29) is 5.56 Å². The van der Waals surface area contributed by atoms with Gasteiger partial charge in [-0.2, -0.15) is 5.10 Å². The van der Waals surface area contributed by atoms with Crippen LogP contribution in [-0.2, 0) is 6.54 Å². The molecular formula is C16H13N5OS. The van der Waals surface area contributed by atoms with Crippen molar-refractivity contribution in [1.29, 1.82) is 0 Å². The zero-order valence-corrected chi connectivity index (χ0v) is 13.2. The molecule has 23 heavy (non-hydrogen) atoms. The summed E-state index contributed by atoms with van der Waals surface area (Å²) >= 11 is 1.45. The molecule has 0 saturated heterocycles. The van der Waals surface area contributed by atoms with E-state index in [0.29, 0.717) is 11.2 Å². The van der Waals surface area contributed by atoms with Crippen molar-refractivity contribution < 1.29 is 0 Å². The van der Waals surface area contributed by atoms with E-state index in [2.05, 4.69) is 15.1 Å². The summed E-state index contributed by atoms with van der Waals surface area (Å²) in [4.78, 5) is 20.8. The minimum absolute atomic E-state index is 0.00783. The maximum absolute atomic E-state index is 12.5. The van der Waals surface area contributed by atoms with Crippen molar-refractivity contribution in [3.05, 3.63) is 70.1 Å². The molecule has 3 heterocycles. The number of fused-ring (bicyclic) bond motifs is 1. The van der Waals surface area contributed by atoms with Crippen molar-refractivity contribution in [2.24, 2.45) is 0 Å². The molecule has 3 aromatic heterocycles. The quantitative estimate of drug-likeness (QED) is 0.581. The van der Waals surface area contributed by atoms with Crippen LogP contribution in [-0.4, -0.2) is 24.3 Å². The summed E-state index contributed by atoms with van der Waals surface area (Å²) in [6.07, 6.45) is 4.77. The van der Waals surface area contributed by atoms with E-state index in [4.69, 9.17) is 0 Å². The Bertz CT molecular complexity index is 1010. The van der Waals surface area contributed by atoms with Crippen molar-refractivity contribution >= 4 is 21.6 Å². The third-order valence-electron chi connectivity index (χ3n) is 3.70. The molecule has 0 aliphatic heterocycles. The molecule has 0 fully saturated rings. The summed E-state index contributed by atoms with van der Waals surface area (Å²) in [6.45, 7) is 2.47. The molecule has 0 atom stereocenters. The smallest absolute Gasteiger partial charge is 0.271 e. The van der Waals surface area contributed by atoms with Crippen LogP contribution in [0.1, 0.15) is 11.1 Å². The zero-order chi connectivity index (χ0) is 15.8. The Morgan fingerprint density at radius 3 is 2.74 bits per heavy atom. The molecule has 0 amide bonds. The van der Waals surface area contributed by atoms with Gasteiger partial charge in [0.2, 0.25) is 0 Å². The third-order valence-corrected chi connectivity index (χ3v) is 4.77. The molecule has 4 rings (SSSR count). The maximum atomic E-state index is 12.5. The van der Waals surface area contributed by atoms with Gasteiger partial charge in [-0.1, -0.05) is 12.1 Å². The highest BCUT2D eigenvalue weighted by Gasteiger charge is 2.08. The van der Waals surface area contributed by atoms with Crippen LogP contribution < -0.4 is 5.56 Å². The summed E-state index contributed by atoms with van der Waals surface area (Å²) in [5.41, 5.74) is 3.82. The first-order chi connectivity index (χ1) is 11.2. The van der Waals surface area contributed by atoms with Crippen LogP contribution in [0.4, 0.5) is 0 Å². The lowest BCUT2D eigenvalue weighted by atomic mass is 10.2. The van der Waals surface area contributed by atoms with E-state index in [0.717, 1.165) is 22.3 Å². The van der Waals surface area contributed by atoms with E-state index in [1.54, 1.807) is 21.9 Å². The minimum Gasteiger partial charge on any atom is -0.294 e. The predicted molar refractivity (Wildman–Crippen MR) is 89.1 cm³/mol. The van der Waals surface area contributed by atoms with Crippen LogP contribution in [0.2, 0.25) is 0 Å². The second-order valence-corrected chi connectivity index (χ2v) is 6.16. The van der Waals surface area contributed by atoms with Crippen molar-refractivity contribution in [3.63, 3.8) is 0 Å². The zero-order valence-electron chi connectivity index (χ0n) is 12.4. The lowest BCUT2D eigenvalue weighted by molar-refractivity contribution is 0.749. The van der Waals surface area contributed by atoms with E-state index >= 15 is 0 Å². The molecule has 6 nitrogen and oxygen atoms in total. The molecule has 0 N–H and O–H groups in total. The van der Waals surface area contributed by atoms with Gasteiger partial charge in [0.05, 0.1) is 24.1 Å². The minimum atomic E-state index is 0.00783. The van der Waals surface area contributed by atoms with Gasteiger partial charge in [0.15, 0.2) is 0 Å². The highest BCUT2D eigenvalue weighted by Crippen LogP contribution is 2.19. The lowest BCUT2D eigenvalue weighted by Gasteiger charge is -2.07. The van der Waals surface area contributed by atoms with E-state index in [1.165, 1.54) is 17.7 Å². The van der Waals surface area contributed by atoms with E-state index in [1.807, 2.05) is 36.6 Å². The van der Waals surface area contributed by atoms with Crippen LogP contribution in [0.3, 0.4) is 0 Å². The van der Waals surface area contributed by atoms with Gasteiger partial charge in [0.1, 0.15) is 17.4 Å². The van der Waals surface area contributed by atoms with E-state index in [9.17, 15) is 4.79 Å². The van der Waals surface area contributed by atoms with Crippen molar-refractivity contribution in [2.45, 2.75) is 13.5 Å². The van der Waals surface area contributed by atoms with Crippen LogP contribution >= 0.6 is 11.3 Å². The molecule has 0 aliphatic rings. The van der Waals surface area contributed by atoms with Crippen molar-refractivity contribution in [3.8, 4) is 5.69 Å². The average Bonchev–Trinajstić information content (AvgIpc) is 3.22. The first-order valence-electron chi connectivity index (χ1n) is 7.09. The van der Waals surface area contributed by atoms with Gasteiger partial charge in [-0.3, -0.25) is 9.36 Å². The largest absolute Gasteiger partial charge is 0.294 e. The molecule has 4 aromatic rings. The number of aromatic nitrogens is 5. The molecular weight excluding hydrogens is 310 g/mol. The monoisotopic (exact) mass is 323 g/mol. The van der Waals surface area contributed by atoms with Gasteiger partial charge in [0.25, 0.3) is 5.56 Å². The summed E-state index contributed by atoms with van der Waals surface area (Å²) < 4.78 is 4.05. The summed E-state index contributed by atoms with van der Waals surface area (Å²) in [5, 5.41) is 6.06. The molecule has 0 aliphatic carbocycles. The van der Waals surface area contributed by atoms with Gasteiger partial charge in [-0.05, 0) is 35.6 Å². The van der Waals surface area contributed by atoms with Crippen LogP contribution in [0.25, 0.3) is 15.9 Å². The maximum Gasteiger partial charge on any atom is 0.271 e. The van der Waals surface area contributed by atoms with Gasteiger partial charge < -0.3 is 0 Å². The Morgan fingerprint density at radius 1 is 1.17 bits per heavy atom. The molecule has 0 unspecified atom stereocenters. The molecule has 114 valence electrons. The number of nitrogens with zero attached hydrogens (tertiary/aromatic N) is 5. The second-order valence-electron chi connectivity index (χ2n) is 5.28. The fourth-order valence-corrected chi connectivity index (χ4v) is 3.42. The SMILES string of the molecule is Cc1csc2c(=O)n(Cc3ccc(-n4cncn4)cc3)cnc12. The Kier molecular flexibility index (Phi) is 3.27. The Hall–Kier alpha value is -2.80. The number of benzene rings is 1. The van der Waals surface area contributed by atoms with Gasteiger partial charge in [-0.15, -0.1) is 11.3 Å². The normalized spacial score (nSPS) is 11.2. The van der Waals surface area contributed by atoms with Gasteiger partial charge >= 0.3 is 0 Å². The predicted octanol–water partition coefficient (Wildman–Crippen LogP) is 2.40. The summed E-state index contributed by atoms with van der Waals surface area (Å²) in [7, 11) is 0. The fourth-order valence-electron chi connectivity index (χ4n) is 2.47. The molecule has 1 aromatic carbocycles. The lowest BCUT2D eigenvalue weighted by Crippen LogP contribution is -2.20. The van der Waals surface area contributed by atoms with Crippen LogP contribution in [0.5, 0.6) is 0 Å².